The van der Waals surface area contributed by atoms with Crippen molar-refractivity contribution >= 4 is 5.65 Å². The first-order valence-electron chi connectivity index (χ1n) is 7.68. The fraction of sp³-hybridized carbons (Fsp3) is 0.278. The normalized spacial score (nSPS) is 11.0. The van der Waals surface area contributed by atoms with Crippen molar-refractivity contribution in [2.75, 3.05) is 0 Å². The Morgan fingerprint density at radius 2 is 2.00 bits per heavy atom. The lowest BCUT2D eigenvalue weighted by atomic mass is 9.98. The summed E-state index contributed by atoms with van der Waals surface area (Å²) >= 11 is 0. The van der Waals surface area contributed by atoms with Gasteiger partial charge in [-0.2, -0.15) is 14.9 Å². The fourth-order valence-electron chi connectivity index (χ4n) is 2.86. The van der Waals surface area contributed by atoms with Gasteiger partial charge in [-0.3, -0.25) is 4.79 Å². The third-order valence-electron chi connectivity index (χ3n) is 3.99. The third-order valence-corrected chi connectivity index (χ3v) is 3.99. The van der Waals surface area contributed by atoms with E-state index in [2.05, 4.69) is 28.3 Å². The van der Waals surface area contributed by atoms with E-state index in [0.717, 1.165) is 24.1 Å². The molecule has 2 heterocycles. The van der Waals surface area contributed by atoms with Gasteiger partial charge in [-0.25, -0.2) is 0 Å². The summed E-state index contributed by atoms with van der Waals surface area (Å²) in [6.45, 7) is 3.99. The molecular formula is C18H18N4O. The summed E-state index contributed by atoms with van der Waals surface area (Å²) in [6.07, 6.45) is 2.99. The van der Waals surface area contributed by atoms with Crippen LogP contribution in [0.1, 0.15) is 42.1 Å². The second-order valence-electron chi connectivity index (χ2n) is 5.89. The zero-order valence-corrected chi connectivity index (χ0v) is 13.2. The van der Waals surface area contributed by atoms with Gasteiger partial charge < -0.3 is 4.98 Å². The maximum atomic E-state index is 12.7. The molecule has 0 aliphatic rings. The lowest BCUT2D eigenvalue weighted by Crippen LogP contribution is -2.24. The molecule has 2 aromatic heterocycles. The molecule has 0 amide bonds. The van der Waals surface area contributed by atoms with Crippen molar-refractivity contribution in [2.45, 2.75) is 32.6 Å². The highest BCUT2D eigenvalue weighted by molar-refractivity contribution is 5.54. The molecule has 0 bridgehead atoms. The smallest absolute Gasteiger partial charge is 0.278 e. The van der Waals surface area contributed by atoms with Gasteiger partial charge in [0.05, 0.1) is 6.20 Å². The molecule has 116 valence electrons. The molecule has 0 aliphatic carbocycles. The molecule has 0 saturated carbocycles. The standard InChI is InChI=1S/C18H18N4O/c1-12(2)16-15(9-8-13-6-4-3-5-7-13)21-17-14(10-19)11-20-22(17)18(16)23/h3-7,11-12,21H,8-9H2,1-2H3. The summed E-state index contributed by atoms with van der Waals surface area (Å²) in [4.78, 5) is 16.0. The summed E-state index contributed by atoms with van der Waals surface area (Å²) in [5.74, 6) is 0.0867. The zero-order chi connectivity index (χ0) is 16.4. The molecule has 0 fully saturated rings. The quantitative estimate of drug-likeness (QED) is 0.805. The molecule has 0 aliphatic heterocycles. The molecule has 5 nitrogen and oxygen atoms in total. The number of hydrogen-bond donors (Lipinski definition) is 1. The zero-order valence-electron chi connectivity index (χ0n) is 13.2. The first-order chi connectivity index (χ1) is 11.1. The van der Waals surface area contributed by atoms with Gasteiger partial charge in [-0.15, -0.1) is 0 Å². The second kappa shape index (κ2) is 6.09. The topological polar surface area (TPSA) is 73.9 Å². The summed E-state index contributed by atoms with van der Waals surface area (Å²) in [5.41, 5.74) is 3.57. The molecule has 0 saturated heterocycles. The van der Waals surface area contributed by atoms with Crippen LogP contribution in [0, 0.1) is 11.3 Å². The van der Waals surface area contributed by atoms with E-state index in [0.29, 0.717) is 11.2 Å². The first-order valence-corrected chi connectivity index (χ1v) is 7.68. The highest BCUT2D eigenvalue weighted by atomic mass is 16.1. The average Bonchev–Trinajstić information content (AvgIpc) is 2.97. The van der Waals surface area contributed by atoms with E-state index in [4.69, 9.17) is 5.26 Å². The van der Waals surface area contributed by atoms with Gasteiger partial charge in [0, 0.05) is 11.3 Å². The van der Waals surface area contributed by atoms with E-state index < -0.39 is 0 Å². The maximum Gasteiger partial charge on any atom is 0.278 e. The van der Waals surface area contributed by atoms with Gasteiger partial charge in [0.15, 0.2) is 5.65 Å². The fourth-order valence-corrected chi connectivity index (χ4v) is 2.86. The first kappa shape index (κ1) is 15.0. The molecule has 0 unspecified atom stereocenters. The molecule has 1 aromatic carbocycles. The Kier molecular flexibility index (Phi) is 3.98. The summed E-state index contributed by atoms with van der Waals surface area (Å²) in [5, 5.41) is 13.2. The van der Waals surface area contributed by atoms with Crippen LogP contribution in [-0.2, 0) is 12.8 Å². The predicted molar refractivity (Wildman–Crippen MR) is 88.5 cm³/mol. The Hall–Kier alpha value is -2.87. The Balaban J connectivity index is 2.08. The average molecular weight is 306 g/mol. The van der Waals surface area contributed by atoms with Crippen molar-refractivity contribution in [1.29, 1.82) is 5.26 Å². The number of aromatic amines is 1. The second-order valence-corrected chi connectivity index (χ2v) is 5.89. The van der Waals surface area contributed by atoms with Crippen molar-refractivity contribution in [1.82, 2.24) is 14.6 Å². The molecule has 23 heavy (non-hydrogen) atoms. The Labute approximate surface area is 134 Å². The van der Waals surface area contributed by atoms with Crippen LogP contribution in [0.15, 0.2) is 41.3 Å². The minimum absolute atomic E-state index is 0.0867. The summed E-state index contributed by atoms with van der Waals surface area (Å²) in [6, 6.07) is 12.2. The Bertz CT molecular complexity index is 929. The van der Waals surface area contributed by atoms with Crippen LogP contribution in [0.25, 0.3) is 5.65 Å². The molecule has 3 rings (SSSR count). The number of nitrogens with one attached hydrogen (secondary N) is 1. The molecule has 3 aromatic rings. The molecule has 5 heteroatoms. The van der Waals surface area contributed by atoms with Crippen molar-refractivity contribution < 1.29 is 0 Å². The molecular weight excluding hydrogens is 288 g/mol. The molecule has 0 atom stereocenters. The Morgan fingerprint density at radius 3 is 2.65 bits per heavy atom. The van der Waals surface area contributed by atoms with E-state index in [-0.39, 0.29) is 11.5 Å². The van der Waals surface area contributed by atoms with Crippen LogP contribution >= 0.6 is 0 Å². The number of H-pyrrole nitrogens is 1. The van der Waals surface area contributed by atoms with Gasteiger partial charge in [0.1, 0.15) is 11.6 Å². The lowest BCUT2D eigenvalue weighted by Gasteiger charge is -2.13. The van der Waals surface area contributed by atoms with E-state index in [9.17, 15) is 4.79 Å². The van der Waals surface area contributed by atoms with Gasteiger partial charge in [-0.05, 0) is 24.3 Å². The molecule has 1 N–H and O–H groups in total. The van der Waals surface area contributed by atoms with Gasteiger partial charge in [0.2, 0.25) is 0 Å². The van der Waals surface area contributed by atoms with Crippen LogP contribution in [0.3, 0.4) is 0 Å². The van der Waals surface area contributed by atoms with E-state index in [1.165, 1.54) is 16.3 Å². The SMILES string of the molecule is CC(C)c1c(CCc2ccccc2)[nH]c2c(C#N)cnn2c1=O. The summed E-state index contributed by atoms with van der Waals surface area (Å²) in [7, 11) is 0. The minimum Gasteiger partial charge on any atom is -0.342 e. The van der Waals surface area contributed by atoms with Crippen molar-refractivity contribution in [3.63, 3.8) is 0 Å². The number of benzene rings is 1. The Morgan fingerprint density at radius 1 is 1.26 bits per heavy atom. The number of aryl methyl sites for hydroxylation is 2. The van der Waals surface area contributed by atoms with Crippen molar-refractivity contribution in [3.05, 3.63) is 69.3 Å². The maximum absolute atomic E-state index is 12.7. The van der Waals surface area contributed by atoms with Crippen LogP contribution < -0.4 is 5.56 Å². The lowest BCUT2D eigenvalue weighted by molar-refractivity contribution is 0.753. The number of hydrogen-bond acceptors (Lipinski definition) is 3. The predicted octanol–water partition coefficient (Wildman–Crippen LogP) is 2.80. The summed E-state index contributed by atoms with van der Waals surface area (Å²) < 4.78 is 1.29. The number of nitriles is 1. The van der Waals surface area contributed by atoms with Gasteiger partial charge >= 0.3 is 0 Å². The number of nitrogens with zero attached hydrogens (tertiary/aromatic N) is 3. The van der Waals surface area contributed by atoms with Gasteiger partial charge in [0.25, 0.3) is 5.56 Å². The van der Waals surface area contributed by atoms with Crippen molar-refractivity contribution in [2.24, 2.45) is 0 Å². The largest absolute Gasteiger partial charge is 0.342 e. The number of rotatable bonds is 4. The van der Waals surface area contributed by atoms with Crippen LogP contribution in [0.5, 0.6) is 0 Å². The number of aromatic nitrogens is 3. The monoisotopic (exact) mass is 306 g/mol. The van der Waals surface area contributed by atoms with Crippen LogP contribution in [-0.4, -0.2) is 14.6 Å². The van der Waals surface area contributed by atoms with E-state index in [1.807, 2.05) is 32.0 Å². The minimum atomic E-state index is -0.140. The highest BCUT2D eigenvalue weighted by Gasteiger charge is 2.17. The van der Waals surface area contributed by atoms with E-state index >= 15 is 0 Å². The van der Waals surface area contributed by atoms with Crippen molar-refractivity contribution in [3.8, 4) is 6.07 Å². The van der Waals surface area contributed by atoms with Crippen LogP contribution in [0.4, 0.5) is 0 Å². The highest BCUT2D eigenvalue weighted by Crippen LogP contribution is 2.18. The van der Waals surface area contributed by atoms with Crippen LogP contribution in [0.2, 0.25) is 0 Å². The number of fused-ring (bicyclic) bond motifs is 1. The third kappa shape index (κ3) is 2.76. The van der Waals surface area contributed by atoms with E-state index in [1.54, 1.807) is 0 Å². The molecule has 0 radical (unpaired) electrons. The van der Waals surface area contributed by atoms with Gasteiger partial charge in [-0.1, -0.05) is 44.2 Å². The molecule has 0 spiro atoms.